The van der Waals surface area contributed by atoms with E-state index < -0.39 is 0 Å². The van der Waals surface area contributed by atoms with Crippen LogP contribution >= 0.6 is 11.5 Å². The minimum Gasteiger partial charge on any atom is -0.359 e. The summed E-state index contributed by atoms with van der Waals surface area (Å²) in [7, 11) is 1.60. The van der Waals surface area contributed by atoms with Gasteiger partial charge in [-0.3, -0.25) is 4.79 Å². The molecule has 1 rings (SSSR count). The van der Waals surface area contributed by atoms with E-state index in [2.05, 4.69) is 9.69 Å². The summed E-state index contributed by atoms with van der Waals surface area (Å²) in [4.78, 5) is 9.70. The summed E-state index contributed by atoms with van der Waals surface area (Å²) in [6, 6.07) is 1.91. The van der Waals surface area contributed by atoms with Crippen molar-refractivity contribution in [2.45, 2.75) is 6.92 Å². The maximum Gasteiger partial charge on any atom is 0.216 e. The first-order chi connectivity index (χ1) is 4.77. The minimum absolute atomic E-state index is 0.00463. The number of aromatic nitrogens is 1. The molecule has 0 atom stereocenters. The van der Waals surface area contributed by atoms with Crippen molar-refractivity contribution in [2.75, 3.05) is 7.05 Å². The Balaban J connectivity index is 0.000000162. The van der Waals surface area contributed by atoms with Gasteiger partial charge in [-0.1, -0.05) is 0 Å². The number of amides is 1. The molecule has 1 N–H and O–H groups in total. The van der Waals surface area contributed by atoms with E-state index in [0.29, 0.717) is 0 Å². The molecule has 56 valence electrons. The number of carbonyl (C=O) groups is 1. The summed E-state index contributed by atoms with van der Waals surface area (Å²) in [5, 5.41) is 4.32. The van der Waals surface area contributed by atoms with E-state index in [4.69, 9.17) is 0 Å². The minimum atomic E-state index is 0.00463. The SMILES string of the molecule is CNC(C)=O.c1cnsc1. The zero-order chi connectivity index (χ0) is 7.82. The zero-order valence-corrected chi connectivity index (χ0v) is 6.81. The van der Waals surface area contributed by atoms with Crippen LogP contribution in [0.1, 0.15) is 6.92 Å². The molecule has 0 saturated heterocycles. The summed E-state index contributed by atoms with van der Waals surface area (Å²) in [6.07, 6.45) is 1.77. The van der Waals surface area contributed by atoms with Gasteiger partial charge in [0.05, 0.1) is 0 Å². The van der Waals surface area contributed by atoms with E-state index in [1.807, 2.05) is 11.4 Å². The van der Waals surface area contributed by atoms with Crippen molar-refractivity contribution >= 4 is 17.4 Å². The molecule has 0 aliphatic carbocycles. The first-order valence-corrected chi connectivity index (χ1v) is 3.63. The van der Waals surface area contributed by atoms with Crippen LogP contribution in [-0.2, 0) is 4.79 Å². The molecular formula is C6H10N2OS. The maximum absolute atomic E-state index is 9.70. The average Bonchev–Trinajstić information content (AvgIpc) is 2.43. The fraction of sp³-hybridized carbons (Fsp3) is 0.333. The number of nitrogens with one attached hydrogen (secondary N) is 1. The molecule has 0 fully saturated rings. The van der Waals surface area contributed by atoms with Gasteiger partial charge in [0.15, 0.2) is 0 Å². The zero-order valence-electron chi connectivity index (χ0n) is 6.00. The van der Waals surface area contributed by atoms with Crippen molar-refractivity contribution in [3.05, 3.63) is 17.6 Å². The van der Waals surface area contributed by atoms with Crippen molar-refractivity contribution in [3.8, 4) is 0 Å². The van der Waals surface area contributed by atoms with Crippen LogP contribution in [0.15, 0.2) is 17.6 Å². The number of hydrogen-bond acceptors (Lipinski definition) is 3. The Kier molecular flexibility index (Phi) is 5.66. The summed E-state index contributed by atoms with van der Waals surface area (Å²) in [5.41, 5.74) is 0. The van der Waals surface area contributed by atoms with E-state index in [1.165, 1.54) is 18.5 Å². The molecule has 10 heavy (non-hydrogen) atoms. The molecule has 0 aliphatic rings. The highest BCUT2D eigenvalue weighted by Gasteiger charge is 1.72. The van der Waals surface area contributed by atoms with Crippen molar-refractivity contribution in [3.63, 3.8) is 0 Å². The van der Waals surface area contributed by atoms with Gasteiger partial charge in [0.2, 0.25) is 5.91 Å². The maximum atomic E-state index is 9.70. The normalized spacial score (nSPS) is 7.40. The Labute approximate surface area is 64.2 Å². The third-order valence-electron chi connectivity index (χ3n) is 0.699. The highest BCUT2D eigenvalue weighted by Crippen LogP contribution is 1.83. The van der Waals surface area contributed by atoms with Gasteiger partial charge >= 0.3 is 0 Å². The fourth-order valence-corrected chi connectivity index (χ4v) is 0.527. The molecule has 1 amide bonds. The van der Waals surface area contributed by atoms with Gasteiger partial charge in [-0.05, 0) is 17.6 Å². The molecule has 1 aromatic heterocycles. The third kappa shape index (κ3) is 7.10. The molecule has 0 bridgehead atoms. The molecule has 0 aromatic carbocycles. The molecule has 0 aliphatic heterocycles. The molecule has 0 radical (unpaired) electrons. The highest BCUT2D eigenvalue weighted by molar-refractivity contribution is 7.03. The lowest BCUT2D eigenvalue weighted by molar-refractivity contribution is -0.118. The van der Waals surface area contributed by atoms with Gasteiger partial charge in [-0.15, -0.1) is 0 Å². The Morgan fingerprint density at radius 3 is 2.40 bits per heavy atom. The molecule has 0 saturated carbocycles. The first kappa shape index (κ1) is 9.10. The van der Waals surface area contributed by atoms with Crippen LogP contribution in [0.25, 0.3) is 0 Å². The van der Waals surface area contributed by atoms with Gasteiger partial charge in [0.25, 0.3) is 0 Å². The Hall–Kier alpha value is -0.900. The topological polar surface area (TPSA) is 42.0 Å². The van der Waals surface area contributed by atoms with Crippen LogP contribution in [0.4, 0.5) is 0 Å². The smallest absolute Gasteiger partial charge is 0.216 e. The average molecular weight is 158 g/mol. The molecule has 3 nitrogen and oxygen atoms in total. The molecule has 1 aromatic rings. The third-order valence-corrected chi connectivity index (χ3v) is 1.22. The summed E-state index contributed by atoms with van der Waals surface area (Å²) >= 11 is 1.46. The molecular weight excluding hydrogens is 148 g/mol. The molecule has 1 heterocycles. The first-order valence-electron chi connectivity index (χ1n) is 2.80. The molecule has 0 spiro atoms. The van der Waals surface area contributed by atoms with E-state index in [1.54, 1.807) is 13.2 Å². The van der Waals surface area contributed by atoms with E-state index in [-0.39, 0.29) is 5.91 Å². The Morgan fingerprint density at radius 1 is 1.70 bits per heavy atom. The van der Waals surface area contributed by atoms with Gasteiger partial charge in [0, 0.05) is 25.5 Å². The van der Waals surface area contributed by atoms with E-state index in [0.717, 1.165) is 0 Å². The van der Waals surface area contributed by atoms with Crippen LogP contribution in [0.2, 0.25) is 0 Å². The fourth-order valence-electron chi connectivity index (χ4n) is 0.176. The van der Waals surface area contributed by atoms with Crippen LogP contribution in [0.5, 0.6) is 0 Å². The van der Waals surface area contributed by atoms with Crippen LogP contribution < -0.4 is 5.32 Å². The van der Waals surface area contributed by atoms with Crippen molar-refractivity contribution in [2.24, 2.45) is 0 Å². The standard InChI is InChI=1S/C3H7NO.C3H3NS/c1-3(5)4-2;1-2-4-5-3-1/h1-2H3,(H,4,5);1-3H. The van der Waals surface area contributed by atoms with Gasteiger partial charge in [-0.2, -0.15) is 0 Å². The van der Waals surface area contributed by atoms with E-state index in [9.17, 15) is 4.79 Å². The lowest BCUT2D eigenvalue weighted by atomic mass is 10.7. The summed E-state index contributed by atoms with van der Waals surface area (Å²) in [6.45, 7) is 1.47. The highest BCUT2D eigenvalue weighted by atomic mass is 32.1. The summed E-state index contributed by atoms with van der Waals surface area (Å²) in [5.74, 6) is 0.00463. The number of hydrogen-bond donors (Lipinski definition) is 1. The second-order valence-electron chi connectivity index (χ2n) is 1.49. The van der Waals surface area contributed by atoms with Gasteiger partial charge in [0.1, 0.15) is 0 Å². The van der Waals surface area contributed by atoms with Crippen LogP contribution in [0.3, 0.4) is 0 Å². The Morgan fingerprint density at radius 2 is 2.30 bits per heavy atom. The van der Waals surface area contributed by atoms with Crippen LogP contribution in [-0.4, -0.2) is 17.3 Å². The molecule has 0 unspecified atom stereocenters. The predicted molar refractivity (Wildman–Crippen MR) is 41.9 cm³/mol. The number of rotatable bonds is 0. The van der Waals surface area contributed by atoms with Crippen LogP contribution in [0, 0.1) is 0 Å². The largest absolute Gasteiger partial charge is 0.359 e. The predicted octanol–water partition coefficient (Wildman–Crippen LogP) is 0.895. The molecule has 4 heteroatoms. The number of nitrogens with zero attached hydrogens (tertiary/aromatic N) is 1. The van der Waals surface area contributed by atoms with Gasteiger partial charge < -0.3 is 5.32 Å². The summed E-state index contributed by atoms with van der Waals surface area (Å²) < 4.78 is 3.76. The second kappa shape index (κ2) is 6.22. The van der Waals surface area contributed by atoms with E-state index >= 15 is 0 Å². The van der Waals surface area contributed by atoms with Gasteiger partial charge in [-0.25, -0.2) is 4.37 Å². The second-order valence-corrected chi connectivity index (χ2v) is 2.19. The number of carbonyl (C=O) groups excluding carboxylic acids is 1. The lowest BCUT2D eigenvalue weighted by Crippen LogP contribution is -2.11. The lowest BCUT2D eigenvalue weighted by Gasteiger charge is -1.80. The van der Waals surface area contributed by atoms with Crippen molar-refractivity contribution in [1.29, 1.82) is 0 Å². The quantitative estimate of drug-likeness (QED) is 0.609. The van der Waals surface area contributed by atoms with Crippen molar-refractivity contribution in [1.82, 2.24) is 9.69 Å². The Bertz CT molecular complexity index is 145. The van der Waals surface area contributed by atoms with Crippen molar-refractivity contribution < 1.29 is 4.79 Å². The monoisotopic (exact) mass is 158 g/mol.